The molecule has 1 N–H and O–H groups in total. The summed E-state index contributed by atoms with van der Waals surface area (Å²) in [5.74, 6) is 0.648. The second kappa shape index (κ2) is 10.8. The molecule has 0 bridgehead atoms. The molecule has 0 spiro atoms. The van der Waals surface area contributed by atoms with Gasteiger partial charge in [0.15, 0.2) is 5.11 Å². The summed E-state index contributed by atoms with van der Waals surface area (Å²) in [5.41, 5.74) is 4.26. The molecule has 0 radical (unpaired) electrons. The van der Waals surface area contributed by atoms with Crippen LogP contribution in [0.5, 0.6) is 5.75 Å². The second-order valence-corrected chi connectivity index (χ2v) is 9.75. The van der Waals surface area contributed by atoms with E-state index in [1.165, 1.54) is 0 Å². The maximum Gasteiger partial charge on any atom is 0.272 e. The topological polar surface area (TPSA) is 60.4 Å². The number of piperazine rings is 1. The van der Waals surface area contributed by atoms with Crippen LogP contribution in [-0.2, 0) is 4.79 Å². The van der Waals surface area contributed by atoms with E-state index in [0.29, 0.717) is 15.8 Å². The van der Waals surface area contributed by atoms with Crippen molar-refractivity contribution in [3.63, 3.8) is 0 Å². The number of benzene rings is 3. The number of carbonyl (C=O) groups excluding carboxylic acids is 1. The first kappa shape index (κ1) is 25.0. The van der Waals surface area contributed by atoms with E-state index in [-0.39, 0.29) is 5.91 Å². The SMILES string of the molecule is COc1cccc(N2CCN(C(=S)NC3N=C(c4ccccc4)c4cc(Cl)ccc4N(C)C3=O)CC2)c1. The van der Waals surface area contributed by atoms with E-state index in [2.05, 4.69) is 21.2 Å². The predicted octanol–water partition coefficient (Wildman–Crippen LogP) is 4.19. The Hall–Kier alpha value is -3.62. The molecule has 1 atom stereocenters. The van der Waals surface area contributed by atoms with E-state index in [1.807, 2.05) is 60.7 Å². The van der Waals surface area contributed by atoms with Gasteiger partial charge in [-0.1, -0.05) is 48.0 Å². The molecular weight excluding hydrogens is 506 g/mol. The highest BCUT2D eigenvalue weighted by molar-refractivity contribution is 7.80. The van der Waals surface area contributed by atoms with Crippen LogP contribution in [-0.4, -0.2) is 68.1 Å². The van der Waals surface area contributed by atoms with E-state index in [0.717, 1.165) is 54.4 Å². The summed E-state index contributed by atoms with van der Waals surface area (Å²) >= 11 is 12.1. The zero-order valence-electron chi connectivity index (χ0n) is 20.7. The first-order valence-electron chi connectivity index (χ1n) is 12.1. The molecule has 5 rings (SSSR count). The number of likely N-dealkylation sites (N-methyl/N-ethyl adjacent to an activating group) is 1. The van der Waals surface area contributed by atoms with Crippen molar-refractivity contribution in [3.05, 3.63) is 88.9 Å². The van der Waals surface area contributed by atoms with Crippen molar-refractivity contribution in [2.24, 2.45) is 4.99 Å². The average molecular weight is 534 g/mol. The number of hydrogen-bond acceptors (Lipinski definition) is 5. The normalized spacial score (nSPS) is 17.6. The minimum absolute atomic E-state index is 0.188. The van der Waals surface area contributed by atoms with Crippen molar-refractivity contribution >= 4 is 51.9 Å². The molecule has 37 heavy (non-hydrogen) atoms. The van der Waals surface area contributed by atoms with Gasteiger partial charge in [0.25, 0.3) is 5.91 Å². The van der Waals surface area contributed by atoms with Gasteiger partial charge in [-0.2, -0.15) is 0 Å². The number of fused-ring (bicyclic) bond motifs is 1. The number of amides is 1. The molecule has 3 aromatic rings. The van der Waals surface area contributed by atoms with Gasteiger partial charge < -0.3 is 24.8 Å². The van der Waals surface area contributed by atoms with Crippen LogP contribution in [0.3, 0.4) is 0 Å². The molecule has 0 saturated carbocycles. The van der Waals surface area contributed by atoms with Crippen LogP contribution >= 0.6 is 23.8 Å². The highest BCUT2D eigenvalue weighted by Gasteiger charge is 2.32. The van der Waals surface area contributed by atoms with Crippen LogP contribution in [0.4, 0.5) is 11.4 Å². The predicted molar refractivity (Wildman–Crippen MR) is 153 cm³/mol. The Morgan fingerprint density at radius 1 is 1.03 bits per heavy atom. The largest absolute Gasteiger partial charge is 0.497 e. The zero-order valence-corrected chi connectivity index (χ0v) is 22.3. The number of halogens is 1. The molecule has 1 unspecified atom stereocenters. The molecule has 190 valence electrons. The molecule has 1 amide bonds. The number of ether oxygens (including phenoxy) is 1. The monoisotopic (exact) mass is 533 g/mol. The minimum atomic E-state index is -0.865. The summed E-state index contributed by atoms with van der Waals surface area (Å²) in [5, 5.41) is 4.33. The Morgan fingerprint density at radius 3 is 2.51 bits per heavy atom. The summed E-state index contributed by atoms with van der Waals surface area (Å²) in [6.45, 7) is 3.06. The van der Waals surface area contributed by atoms with Crippen LogP contribution in [0.25, 0.3) is 0 Å². The zero-order chi connectivity index (χ0) is 25.9. The van der Waals surface area contributed by atoms with Gasteiger partial charge in [0, 0.05) is 61.1 Å². The number of methoxy groups -OCH3 is 1. The van der Waals surface area contributed by atoms with E-state index in [1.54, 1.807) is 25.1 Å². The molecule has 2 aliphatic rings. The van der Waals surface area contributed by atoms with Crippen molar-refractivity contribution < 1.29 is 9.53 Å². The third kappa shape index (κ3) is 5.26. The van der Waals surface area contributed by atoms with Gasteiger partial charge in [0.2, 0.25) is 6.17 Å². The fourth-order valence-electron chi connectivity index (χ4n) is 4.65. The second-order valence-electron chi connectivity index (χ2n) is 8.93. The standard InChI is InChI=1S/C28H28ClN5O2S/c1-32-24-12-11-20(29)17-23(24)25(19-7-4-3-5-8-19)30-26(27(32)35)31-28(37)34-15-13-33(14-16-34)21-9-6-10-22(18-21)36-2/h3-12,17-18,26H,13-16H2,1-2H3,(H,31,37). The lowest BCUT2D eigenvalue weighted by Crippen LogP contribution is -2.55. The third-order valence-corrected chi connectivity index (χ3v) is 7.30. The number of aliphatic imine (C=N–C) groups is 1. The lowest BCUT2D eigenvalue weighted by atomic mass is 10.0. The van der Waals surface area contributed by atoms with Gasteiger partial charge in [0.05, 0.1) is 18.5 Å². The quantitative estimate of drug-likeness (QED) is 0.508. The minimum Gasteiger partial charge on any atom is -0.497 e. The number of carbonyl (C=O) groups is 1. The lowest BCUT2D eigenvalue weighted by Gasteiger charge is -2.38. The van der Waals surface area contributed by atoms with Crippen LogP contribution in [0, 0.1) is 0 Å². The molecule has 1 fully saturated rings. The lowest BCUT2D eigenvalue weighted by molar-refractivity contribution is -0.119. The Labute approximate surface area is 227 Å². The number of hydrogen-bond donors (Lipinski definition) is 1. The van der Waals surface area contributed by atoms with Crippen LogP contribution in [0.1, 0.15) is 11.1 Å². The molecule has 0 aromatic heterocycles. The van der Waals surface area contributed by atoms with Crippen molar-refractivity contribution in [1.29, 1.82) is 0 Å². The smallest absolute Gasteiger partial charge is 0.272 e. The number of nitrogens with zero attached hydrogens (tertiary/aromatic N) is 4. The fraction of sp³-hybridized carbons (Fsp3) is 0.250. The van der Waals surface area contributed by atoms with Crippen LogP contribution < -0.4 is 19.9 Å². The summed E-state index contributed by atoms with van der Waals surface area (Å²) < 4.78 is 5.37. The number of thiocarbonyl (C=S) groups is 1. The Morgan fingerprint density at radius 2 is 1.78 bits per heavy atom. The molecule has 1 saturated heterocycles. The maximum atomic E-state index is 13.5. The highest BCUT2D eigenvalue weighted by atomic mass is 35.5. The van der Waals surface area contributed by atoms with Gasteiger partial charge in [0.1, 0.15) is 5.75 Å². The highest BCUT2D eigenvalue weighted by Crippen LogP contribution is 2.30. The van der Waals surface area contributed by atoms with Gasteiger partial charge >= 0.3 is 0 Å². The van der Waals surface area contributed by atoms with Crippen molar-refractivity contribution in [2.75, 3.05) is 50.1 Å². The van der Waals surface area contributed by atoms with Crippen molar-refractivity contribution in [3.8, 4) is 5.75 Å². The fourth-order valence-corrected chi connectivity index (χ4v) is 5.12. The molecule has 2 aliphatic heterocycles. The number of anilines is 2. The number of nitrogens with one attached hydrogen (secondary N) is 1. The van der Waals surface area contributed by atoms with Gasteiger partial charge in [-0.3, -0.25) is 4.79 Å². The average Bonchev–Trinajstić information content (AvgIpc) is 3.04. The molecular formula is C28H28ClN5O2S. The van der Waals surface area contributed by atoms with Crippen LogP contribution in [0.2, 0.25) is 5.02 Å². The molecule has 0 aliphatic carbocycles. The third-order valence-electron chi connectivity index (χ3n) is 6.69. The van der Waals surface area contributed by atoms with Crippen molar-refractivity contribution in [1.82, 2.24) is 10.2 Å². The van der Waals surface area contributed by atoms with Gasteiger partial charge in [-0.25, -0.2) is 4.99 Å². The molecule has 3 aromatic carbocycles. The first-order valence-corrected chi connectivity index (χ1v) is 12.9. The number of benzodiazepines with no additional fused rings is 1. The summed E-state index contributed by atoms with van der Waals surface area (Å²) in [4.78, 5) is 24.4. The van der Waals surface area contributed by atoms with E-state index in [4.69, 9.17) is 33.5 Å². The van der Waals surface area contributed by atoms with Gasteiger partial charge in [-0.15, -0.1) is 0 Å². The Bertz CT molecular complexity index is 1340. The van der Waals surface area contributed by atoms with E-state index in [9.17, 15) is 4.79 Å². The molecule has 9 heteroatoms. The van der Waals surface area contributed by atoms with E-state index < -0.39 is 6.17 Å². The summed E-state index contributed by atoms with van der Waals surface area (Å²) in [6, 6.07) is 23.4. The molecule has 2 heterocycles. The Kier molecular flexibility index (Phi) is 7.30. The summed E-state index contributed by atoms with van der Waals surface area (Å²) in [6.07, 6.45) is -0.865. The van der Waals surface area contributed by atoms with Crippen LogP contribution in [0.15, 0.2) is 77.8 Å². The first-order chi connectivity index (χ1) is 17.9. The Balaban J connectivity index is 1.36. The van der Waals surface area contributed by atoms with E-state index >= 15 is 0 Å². The summed E-state index contributed by atoms with van der Waals surface area (Å²) in [7, 11) is 3.43. The molecule has 7 nitrogen and oxygen atoms in total. The van der Waals surface area contributed by atoms with Crippen molar-refractivity contribution in [2.45, 2.75) is 6.17 Å². The maximum absolute atomic E-state index is 13.5. The van der Waals surface area contributed by atoms with Gasteiger partial charge in [-0.05, 0) is 42.5 Å². The number of rotatable bonds is 4.